The third kappa shape index (κ3) is 2.94. The molecule has 0 bridgehead atoms. The number of ether oxygens (including phenoxy) is 2. The first-order chi connectivity index (χ1) is 12.0. The number of carbonyl (C=O) groups is 1. The summed E-state index contributed by atoms with van der Waals surface area (Å²) < 4.78 is 10.4. The summed E-state index contributed by atoms with van der Waals surface area (Å²) in [6.45, 7) is 1.91. The Labute approximate surface area is 148 Å². The number of aryl methyl sites for hydroxylation is 1. The topological polar surface area (TPSA) is 100 Å². The molecule has 25 heavy (non-hydrogen) atoms. The fraction of sp³-hybridized carbons (Fsp3) is 0.176. The number of aromatic nitrogens is 3. The second kappa shape index (κ2) is 6.52. The second-order valence-electron chi connectivity index (χ2n) is 5.31. The third-order valence-corrected chi connectivity index (χ3v) is 4.22. The van der Waals surface area contributed by atoms with E-state index in [0.29, 0.717) is 22.3 Å². The van der Waals surface area contributed by atoms with Crippen molar-refractivity contribution >= 4 is 28.4 Å². The number of benzene rings is 1. The number of pyridine rings is 1. The van der Waals surface area contributed by atoms with Crippen molar-refractivity contribution in [3.63, 3.8) is 0 Å². The van der Waals surface area contributed by atoms with Gasteiger partial charge in [0.25, 0.3) is 5.91 Å². The number of methoxy groups -OCH3 is 2. The average Bonchev–Trinajstić information content (AvgIpc) is 2.61. The van der Waals surface area contributed by atoms with Crippen LogP contribution < -0.4 is 15.2 Å². The number of halogens is 1. The number of primary amides is 1. The molecule has 0 unspecified atom stereocenters. The number of carbonyl (C=O) groups excluding carboxylic acids is 1. The Bertz CT molecular complexity index is 991. The van der Waals surface area contributed by atoms with Gasteiger partial charge in [-0.15, -0.1) is 0 Å². The maximum atomic E-state index is 11.4. The van der Waals surface area contributed by atoms with E-state index in [-0.39, 0.29) is 16.6 Å². The molecule has 0 fully saturated rings. The Morgan fingerprint density at radius 1 is 1.12 bits per heavy atom. The molecule has 0 radical (unpaired) electrons. The van der Waals surface area contributed by atoms with Crippen LogP contribution in [0.15, 0.2) is 24.5 Å². The highest BCUT2D eigenvalue weighted by Gasteiger charge is 2.17. The van der Waals surface area contributed by atoms with Gasteiger partial charge in [0.1, 0.15) is 0 Å². The van der Waals surface area contributed by atoms with Gasteiger partial charge in [-0.2, -0.15) is 4.98 Å². The van der Waals surface area contributed by atoms with Crippen LogP contribution in [0.1, 0.15) is 15.9 Å². The number of amides is 1. The quantitative estimate of drug-likeness (QED) is 0.769. The number of fused-ring (bicyclic) bond motifs is 1. The van der Waals surface area contributed by atoms with Crippen molar-refractivity contribution in [2.24, 2.45) is 5.73 Å². The maximum Gasteiger partial charge on any atom is 0.319 e. The van der Waals surface area contributed by atoms with E-state index in [1.54, 1.807) is 6.20 Å². The number of hydrogen-bond acceptors (Lipinski definition) is 6. The van der Waals surface area contributed by atoms with Crippen LogP contribution in [0.5, 0.6) is 11.9 Å². The molecule has 2 aromatic heterocycles. The molecule has 128 valence electrons. The Balaban J connectivity index is 2.24. The van der Waals surface area contributed by atoms with E-state index in [9.17, 15) is 4.79 Å². The molecule has 3 rings (SSSR count). The molecular weight excluding hydrogens is 344 g/mol. The molecule has 0 aliphatic carbocycles. The van der Waals surface area contributed by atoms with E-state index in [1.807, 2.05) is 19.1 Å². The highest BCUT2D eigenvalue weighted by Crippen LogP contribution is 2.35. The summed E-state index contributed by atoms with van der Waals surface area (Å²) in [6, 6.07) is 3.90. The lowest BCUT2D eigenvalue weighted by Crippen LogP contribution is -2.12. The number of rotatable bonds is 4. The van der Waals surface area contributed by atoms with Crippen LogP contribution >= 0.6 is 11.6 Å². The minimum Gasteiger partial charge on any atom is -0.480 e. The fourth-order valence-corrected chi connectivity index (χ4v) is 2.86. The van der Waals surface area contributed by atoms with Crippen LogP contribution in [0.4, 0.5) is 0 Å². The van der Waals surface area contributed by atoms with Gasteiger partial charge in [0, 0.05) is 17.8 Å². The third-order valence-electron chi connectivity index (χ3n) is 3.81. The molecule has 0 atom stereocenters. The van der Waals surface area contributed by atoms with Gasteiger partial charge in [-0.1, -0.05) is 11.6 Å². The van der Waals surface area contributed by atoms with Gasteiger partial charge in [-0.25, -0.2) is 4.98 Å². The van der Waals surface area contributed by atoms with E-state index in [2.05, 4.69) is 15.0 Å². The maximum absolute atomic E-state index is 11.4. The van der Waals surface area contributed by atoms with Gasteiger partial charge in [-0.3, -0.25) is 9.78 Å². The Morgan fingerprint density at radius 3 is 2.52 bits per heavy atom. The lowest BCUT2D eigenvalue weighted by atomic mass is 9.99. The Morgan fingerprint density at radius 2 is 1.88 bits per heavy atom. The first-order valence-corrected chi connectivity index (χ1v) is 7.68. The van der Waals surface area contributed by atoms with E-state index >= 15 is 0 Å². The van der Waals surface area contributed by atoms with E-state index in [1.165, 1.54) is 20.4 Å². The Hall–Kier alpha value is -2.93. The molecule has 1 amide bonds. The number of hydrogen-bond donors (Lipinski definition) is 1. The molecule has 3 aromatic rings. The van der Waals surface area contributed by atoms with Crippen molar-refractivity contribution in [1.29, 1.82) is 0 Å². The monoisotopic (exact) mass is 358 g/mol. The lowest BCUT2D eigenvalue weighted by Gasteiger charge is -2.13. The van der Waals surface area contributed by atoms with E-state index < -0.39 is 5.91 Å². The van der Waals surface area contributed by atoms with Crippen molar-refractivity contribution in [1.82, 2.24) is 15.0 Å². The zero-order valence-electron chi connectivity index (χ0n) is 13.8. The fourth-order valence-electron chi connectivity index (χ4n) is 2.57. The van der Waals surface area contributed by atoms with Crippen LogP contribution in [0.3, 0.4) is 0 Å². The van der Waals surface area contributed by atoms with Gasteiger partial charge in [-0.05, 0) is 30.2 Å². The van der Waals surface area contributed by atoms with Gasteiger partial charge in [0.2, 0.25) is 5.88 Å². The minimum atomic E-state index is -0.619. The zero-order chi connectivity index (χ0) is 18.1. The first kappa shape index (κ1) is 16.9. The summed E-state index contributed by atoms with van der Waals surface area (Å²) in [7, 11) is 3.01. The highest BCUT2D eigenvalue weighted by atomic mass is 35.5. The molecule has 1 aromatic carbocycles. The summed E-state index contributed by atoms with van der Waals surface area (Å²) in [5, 5.41) is 0.928. The molecule has 0 saturated carbocycles. The summed E-state index contributed by atoms with van der Waals surface area (Å²) in [5.74, 6) is -0.236. The zero-order valence-corrected chi connectivity index (χ0v) is 14.6. The van der Waals surface area contributed by atoms with Gasteiger partial charge in [0.05, 0.1) is 35.9 Å². The predicted molar refractivity (Wildman–Crippen MR) is 94.1 cm³/mol. The van der Waals surface area contributed by atoms with Gasteiger partial charge in [0.15, 0.2) is 0 Å². The predicted octanol–water partition coefficient (Wildman–Crippen LogP) is 2.77. The molecule has 0 spiro atoms. The molecule has 7 nitrogen and oxygen atoms in total. The molecule has 2 heterocycles. The van der Waals surface area contributed by atoms with E-state index in [0.717, 1.165) is 11.1 Å². The van der Waals surface area contributed by atoms with Crippen LogP contribution in [-0.4, -0.2) is 35.1 Å². The minimum absolute atomic E-state index is 0.187. The van der Waals surface area contributed by atoms with Crippen molar-refractivity contribution in [2.45, 2.75) is 6.92 Å². The van der Waals surface area contributed by atoms with Crippen molar-refractivity contribution in [2.75, 3.05) is 14.2 Å². The highest BCUT2D eigenvalue weighted by molar-refractivity contribution is 6.38. The van der Waals surface area contributed by atoms with Gasteiger partial charge >= 0.3 is 6.01 Å². The standard InChI is InChI=1S/C17H15ClN4O3/c1-8-4-10-13(20-7-12(14(10)18)15(19)23)5-9(8)11-6-21-17(25-3)22-16(11)24-2/h4-7H,1-3H3,(H2,19,23). The molecule has 0 saturated heterocycles. The van der Waals surface area contributed by atoms with Crippen LogP contribution in [0.2, 0.25) is 5.02 Å². The molecule has 0 aliphatic rings. The van der Waals surface area contributed by atoms with Crippen molar-refractivity contribution < 1.29 is 14.3 Å². The summed E-state index contributed by atoms with van der Waals surface area (Å²) in [4.78, 5) is 24.1. The molecule has 0 aliphatic heterocycles. The summed E-state index contributed by atoms with van der Waals surface area (Å²) in [5.41, 5.74) is 8.55. The largest absolute Gasteiger partial charge is 0.480 e. The summed E-state index contributed by atoms with van der Waals surface area (Å²) in [6.07, 6.45) is 2.99. The molecule has 8 heteroatoms. The van der Waals surface area contributed by atoms with Gasteiger partial charge < -0.3 is 15.2 Å². The second-order valence-corrected chi connectivity index (χ2v) is 5.69. The average molecular weight is 359 g/mol. The van der Waals surface area contributed by atoms with Crippen LogP contribution in [0, 0.1) is 6.92 Å². The number of nitrogens with two attached hydrogens (primary N) is 1. The lowest BCUT2D eigenvalue weighted by molar-refractivity contribution is 0.1000. The SMILES string of the molecule is COc1ncc(-c2cc3ncc(C(N)=O)c(Cl)c3cc2C)c(OC)n1. The smallest absolute Gasteiger partial charge is 0.319 e. The van der Waals surface area contributed by atoms with E-state index in [4.69, 9.17) is 26.8 Å². The Kier molecular flexibility index (Phi) is 4.41. The first-order valence-electron chi connectivity index (χ1n) is 7.30. The number of nitrogens with zero attached hydrogens (tertiary/aromatic N) is 3. The van der Waals surface area contributed by atoms with Crippen molar-refractivity contribution in [3.05, 3.63) is 40.7 Å². The molecular formula is C17H15ClN4O3. The summed E-state index contributed by atoms with van der Waals surface area (Å²) >= 11 is 6.30. The normalized spacial score (nSPS) is 10.7. The van der Waals surface area contributed by atoms with Crippen LogP contribution in [-0.2, 0) is 0 Å². The van der Waals surface area contributed by atoms with Crippen LogP contribution in [0.25, 0.3) is 22.0 Å². The van der Waals surface area contributed by atoms with Crippen molar-refractivity contribution in [3.8, 4) is 23.0 Å². The molecule has 2 N–H and O–H groups in total.